The van der Waals surface area contributed by atoms with Gasteiger partial charge in [0.05, 0.1) is 10.8 Å². The van der Waals surface area contributed by atoms with Crippen LogP contribution in [0.5, 0.6) is 0 Å². The molecule has 2 aromatic rings. The predicted octanol–water partition coefficient (Wildman–Crippen LogP) is 3.00. The van der Waals surface area contributed by atoms with Crippen molar-refractivity contribution in [1.29, 1.82) is 0 Å². The fourth-order valence-electron chi connectivity index (χ4n) is 4.49. The van der Waals surface area contributed by atoms with Gasteiger partial charge >= 0.3 is 0 Å². The molecule has 7 heteroatoms. The Hall–Kier alpha value is -2.22. The van der Waals surface area contributed by atoms with E-state index in [0.717, 1.165) is 25.2 Å². The van der Waals surface area contributed by atoms with Crippen LogP contribution in [0, 0.1) is 5.92 Å². The molecule has 4 rings (SSSR count). The highest BCUT2D eigenvalue weighted by molar-refractivity contribution is 7.89. The summed E-state index contributed by atoms with van der Waals surface area (Å²) in [5.41, 5.74) is 2.35. The molecular formula is C24H31N3O3S. The first-order chi connectivity index (χ1) is 15.0. The molecule has 1 N–H and O–H groups in total. The molecule has 2 saturated heterocycles. The van der Waals surface area contributed by atoms with Gasteiger partial charge in [-0.25, -0.2) is 8.42 Å². The van der Waals surface area contributed by atoms with Crippen molar-refractivity contribution in [3.8, 4) is 0 Å². The van der Waals surface area contributed by atoms with Crippen molar-refractivity contribution in [2.24, 2.45) is 5.92 Å². The van der Waals surface area contributed by atoms with Crippen LogP contribution >= 0.6 is 0 Å². The summed E-state index contributed by atoms with van der Waals surface area (Å²) in [4.78, 5) is 15.5. The average Bonchev–Trinajstić information content (AvgIpc) is 3.31. The number of rotatable bonds is 7. The molecule has 0 bridgehead atoms. The van der Waals surface area contributed by atoms with E-state index < -0.39 is 10.0 Å². The first-order valence-electron chi connectivity index (χ1n) is 11.2. The van der Waals surface area contributed by atoms with Gasteiger partial charge in [0.15, 0.2) is 0 Å². The van der Waals surface area contributed by atoms with Crippen LogP contribution in [0.15, 0.2) is 59.5 Å². The SMILES string of the molecule is O=C(NCc1cccc(CN2CCCC2)c1)[C@@H]1CCCN(S(=O)(=O)c2ccccc2)C1. The lowest BCUT2D eigenvalue weighted by Crippen LogP contribution is -2.45. The van der Waals surface area contributed by atoms with E-state index in [1.165, 1.54) is 22.7 Å². The number of hydrogen-bond donors (Lipinski definition) is 1. The molecule has 0 aliphatic carbocycles. The number of benzene rings is 2. The zero-order chi connectivity index (χ0) is 21.7. The zero-order valence-corrected chi connectivity index (χ0v) is 18.7. The molecule has 166 valence electrons. The number of carbonyl (C=O) groups excluding carboxylic acids is 1. The molecule has 2 fully saturated rings. The smallest absolute Gasteiger partial charge is 0.243 e. The molecular weight excluding hydrogens is 410 g/mol. The van der Waals surface area contributed by atoms with Crippen molar-refractivity contribution in [3.63, 3.8) is 0 Å². The minimum atomic E-state index is -3.56. The number of piperidine rings is 1. The van der Waals surface area contributed by atoms with Gasteiger partial charge in [-0.3, -0.25) is 9.69 Å². The van der Waals surface area contributed by atoms with Gasteiger partial charge in [-0.2, -0.15) is 4.31 Å². The van der Waals surface area contributed by atoms with E-state index in [0.29, 0.717) is 25.9 Å². The fourth-order valence-corrected chi connectivity index (χ4v) is 6.03. The summed E-state index contributed by atoms with van der Waals surface area (Å²) < 4.78 is 27.3. The summed E-state index contributed by atoms with van der Waals surface area (Å²) >= 11 is 0. The molecule has 0 spiro atoms. The summed E-state index contributed by atoms with van der Waals surface area (Å²) in [5.74, 6) is -0.391. The number of likely N-dealkylation sites (tertiary alicyclic amines) is 1. The first-order valence-corrected chi connectivity index (χ1v) is 12.6. The number of hydrogen-bond acceptors (Lipinski definition) is 4. The van der Waals surface area contributed by atoms with Gasteiger partial charge in [-0.15, -0.1) is 0 Å². The Bertz CT molecular complexity index is 988. The van der Waals surface area contributed by atoms with Gasteiger partial charge in [-0.1, -0.05) is 42.5 Å². The van der Waals surface area contributed by atoms with E-state index in [2.05, 4.69) is 22.3 Å². The monoisotopic (exact) mass is 441 g/mol. The van der Waals surface area contributed by atoms with Gasteiger partial charge in [-0.05, 0) is 62.0 Å². The Morgan fingerprint density at radius 3 is 2.45 bits per heavy atom. The Balaban J connectivity index is 1.33. The lowest BCUT2D eigenvalue weighted by atomic mass is 9.98. The Morgan fingerprint density at radius 2 is 1.68 bits per heavy atom. The maximum absolute atomic E-state index is 12.9. The van der Waals surface area contributed by atoms with E-state index in [1.807, 2.05) is 12.1 Å². The molecule has 1 amide bonds. The normalized spacial score (nSPS) is 20.6. The third kappa shape index (κ3) is 5.53. The van der Waals surface area contributed by atoms with Crippen LogP contribution in [0.4, 0.5) is 0 Å². The molecule has 2 heterocycles. The van der Waals surface area contributed by atoms with Gasteiger partial charge in [0, 0.05) is 26.2 Å². The zero-order valence-electron chi connectivity index (χ0n) is 17.9. The van der Waals surface area contributed by atoms with E-state index in [1.54, 1.807) is 30.3 Å². The van der Waals surface area contributed by atoms with Crippen molar-refractivity contribution in [3.05, 3.63) is 65.7 Å². The molecule has 0 radical (unpaired) electrons. The van der Waals surface area contributed by atoms with E-state index in [4.69, 9.17) is 0 Å². The Kier molecular flexibility index (Phi) is 7.05. The van der Waals surface area contributed by atoms with Crippen LogP contribution in [-0.4, -0.2) is 49.7 Å². The standard InChI is InChI=1S/C24H31N3O3S/c28-24(25-17-20-8-6-9-21(16-20)18-26-13-4-5-14-26)22-10-7-15-27(19-22)31(29,30)23-11-2-1-3-12-23/h1-3,6,8-9,11-12,16,22H,4-5,7,10,13-15,17-19H2,(H,25,28)/t22-/m1/s1. The molecule has 6 nitrogen and oxygen atoms in total. The summed E-state index contributed by atoms with van der Waals surface area (Å²) in [5, 5.41) is 3.03. The number of sulfonamides is 1. The third-order valence-electron chi connectivity index (χ3n) is 6.20. The number of nitrogens with one attached hydrogen (secondary N) is 1. The highest BCUT2D eigenvalue weighted by Crippen LogP contribution is 2.24. The van der Waals surface area contributed by atoms with Crippen molar-refractivity contribution >= 4 is 15.9 Å². The average molecular weight is 442 g/mol. The Morgan fingerprint density at radius 1 is 0.935 bits per heavy atom. The van der Waals surface area contributed by atoms with E-state index in [-0.39, 0.29) is 23.3 Å². The van der Waals surface area contributed by atoms with E-state index in [9.17, 15) is 13.2 Å². The molecule has 2 aromatic carbocycles. The van der Waals surface area contributed by atoms with Crippen LogP contribution in [0.2, 0.25) is 0 Å². The minimum Gasteiger partial charge on any atom is -0.352 e. The second-order valence-corrected chi connectivity index (χ2v) is 10.5. The van der Waals surface area contributed by atoms with Gasteiger partial charge in [0.1, 0.15) is 0 Å². The van der Waals surface area contributed by atoms with Crippen LogP contribution in [0.1, 0.15) is 36.8 Å². The molecule has 2 aliphatic rings. The largest absolute Gasteiger partial charge is 0.352 e. The van der Waals surface area contributed by atoms with Crippen molar-refractivity contribution in [2.45, 2.75) is 43.7 Å². The van der Waals surface area contributed by atoms with Gasteiger partial charge in [0.2, 0.25) is 15.9 Å². The Labute approximate surface area is 185 Å². The van der Waals surface area contributed by atoms with Crippen LogP contribution in [0.3, 0.4) is 0 Å². The maximum atomic E-state index is 12.9. The second kappa shape index (κ2) is 9.94. The number of amides is 1. The quantitative estimate of drug-likeness (QED) is 0.717. The topological polar surface area (TPSA) is 69.7 Å². The van der Waals surface area contributed by atoms with Gasteiger partial charge in [0.25, 0.3) is 0 Å². The van der Waals surface area contributed by atoms with E-state index >= 15 is 0 Å². The maximum Gasteiger partial charge on any atom is 0.243 e. The van der Waals surface area contributed by atoms with Gasteiger partial charge < -0.3 is 5.32 Å². The van der Waals surface area contributed by atoms with Crippen LogP contribution < -0.4 is 5.32 Å². The number of carbonyl (C=O) groups is 1. The second-order valence-electron chi connectivity index (χ2n) is 8.54. The summed E-state index contributed by atoms with van der Waals surface area (Å²) in [6.07, 6.45) is 3.94. The molecule has 0 aromatic heterocycles. The summed E-state index contributed by atoms with van der Waals surface area (Å²) in [6.45, 7) is 4.43. The highest BCUT2D eigenvalue weighted by atomic mass is 32.2. The first kappa shape index (κ1) is 22.0. The minimum absolute atomic E-state index is 0.0714. The van der Waals surface area contributed by atoms with Crippen molar-refractivity contribution in [1.82, 2.24) is 14.5 Å². The van der Waals surface area contributed by atoms with Crippen LogP contribution in [-0.2, 0) is 27.9 Å². The molecule has 0 unspecified atom stereocenters. The molecule has 1 atom stereocenters. The lowest BCUT2D eigenvalue weighted by Gasteiger charge is -2.31. The molecule has 31 heavy (non-hydrogen) atoms. The fraction of sp³-hybridized carbons (Fsp3) is 0.458. The summed E-state index contributed by atoms with van der Waals surface area (Å²) in [6, 6.07) is 16.8. The highest BCUT2D eigenvalue weighted by Gasteiger charge is 2.33. The third-order valence-corrected chi connectivity index (χ3v) is 8.08. The number of nitrogens with zero attached hydrogens (tertiary/aromatic N) is 2. The molecule has 2 aliphatic heterocycles. The van der Waals surface area contributed by atoms with Crippen molar-refractivity contribution < 1.29 is 13.2 Å². The molecule has 0 saturated carbocycles. The van der Waals surface area contributed by atoms with Crippen LogP contribution in [0.25, 0.3) is 0 Å². The van der Waals surface area contributed by atoms with Crippen molar-refractivity contribution in [2.75, 3.05) is 26.2 Å². The summed E-state index contributed by atoms with van der Waals surface area (Å²) in [7, 11) is -3.56. The predicted molar refractivity (Wildman–Crippen MR) is 121 cm³/mol. The lowest BCUT2D eigenvalue weighted by molar-refractivity contribution is -0.126.